The number of likely N-dealkylation sites (tertiary alicyclic amines) is 1. The maximum atomic E-state index is 13.5. The van der Waals surface area contributed by atoms with Gasteiger partial charge in [-0.3, -0.25) is 9.78 Å². The number of hydrogen-bond acceptors (Lipinski definition) is 7. The zero-order chi connectivity index (χ0) is 27.2. The predicted molar refractivity (Wildman–Crippen MR) is 151 cm³/mol. The summed E-state index contributed by atoms with van der Waals surface area (Å²) < 4.78 is 13.5. The minimum atomic E-state index is -0.249. The number of hydrogen-bond donors (Lipinski definition) is 3. The number of amides is 1. The van der Waals surface area contributed by atoms with Gasteiger partial charge in [0, 0.05) is 60.7 Å². The standard InChI is InChI=1S/C30H32FN7O/c1-20-19-26(7-8-27(20)31)35-28-11-16-33-30(37-28)36-24-5-3-23(4-6-24)29(39)38-17-12-25(13-18-38)34-21(2)22-9-14-32-15-10-22/h3-11,14-16,19,21,25,34H,12-13,17-18H2,1-2H3,(H2,33,35,36,37). The molecule has 3 N–H and O–H groups in total. The molecule has 39 heavy (non-hydrogen) atoms. The number of carbonyl (C=O) groups excluding carboxylic acids is 1. The Morgan fingerprint density at radius 1 is 0.949 bits per heavy atom. The predicted octanol–water partition coefficient (Wildman–Crippen LogP) is 5.76. The van der Waals surface area contributed by atoms with E-state index in [1.165, 1.54) is 11.6 Å². The van der Waals surface area contributed by atoms with Gasteiger partial charge in [0.05, 0.1) is 0 Å². The zero-order valence-corrected chi connectivity index (χ0v) is 22.1. The molecule has 1 atom stereocenters. The number of carbonyl (C=O) groups is 1. The molecule has 0 radical (unpaired) electrons. The van der Waals surface area contributed by atoms with E-state index in [0.717, 1.165) is 37.3 Å². The zero-order valence-electron chi connectivity index (χ0n) is 22.1. The largest absolute Gasteiger partial charge is 0.340 e. The lowest BCUT2D eigenvalue weighted by molar-refractivity contribution is 0.0702. The van der Waals surface area contributed by atoms with E-state index in [4.69, 9.17) is 0 Å². The number of piperidine rings is 1. The Kier molecular flexibility index (Phi) is 8.07. The molecule has 1 saturated heterocycles. The summed E-state index contributed by atoms with van der Waals surface area (Å²) in [6, 6.07) is 18.6. The first-order valence-corrected chi connectivity index (χ1v) is 13.1. The first-order chi connectivity index (χ1) is 18.9. The summed E-state index contributed by atoms with van der Waals surface area (Å²) >= 11 is 0. The van der Waals surface area contributed by atoms with Gasteiger partial charge in [0.15, 0.2) is 0 Å². The van der Waals surface area contributed by atoms with Gasteiger partial charge in [-0.25, -0.2) is 9.37 Å². The second kappa shape index (κ2) is 12.0. The Balaban J connectivity index is 1.13. The number of anilines is 4. The maximum Gasteiger partial charge on any atom is 0.253 e. The molecule has 1 amide bonds. The average Bonchev–Trinajstić information content (AvgIpc) is 2.96. The fourth-order valence-corrected chi connectivity index (χ4v) is 4.72. The van der Waals surface area contributed by atoms with Gasteiger partial charge >= 0.3 is 0 Å². The molecule has 0 aliphatic carbocycles. The van der Waals surface area contributed by atoms with Crippen molar-refractivity contribution in [3.05, 3.63) is 102 Å². The summed E-state index contributed by atoms with van der Waals surface area (Å²) in [5, 5.41) is 10.0. The lowest BCUT2D eigenvalue weighted by Gasteiger charge is -2.34. The van der Waals surface area contributed by atoms with Crippen molar-refractivity contribution in [2.24, 2.45) is 0 Å². The van der Waals surface area contributed by atoms with Gasteiger partial charge in [0.25, 0.3) is 5.91 Å². The van der Waals surface area contributed by atoms with Crippen LogP contribution in [0.15, 0.2) is 79.3 Å². The van der Waals surface area contributed by atoms with E-state index in [-0.39, 0.29) is 17.8 Å². The molecule has 3 heterocycles. The SMILES string of the molecule is Cc1cc(Nc2ccnc(Nc3ccc(C(=O)N4CCC(NC(C)c5ccncc5)CC4)cc3)n2)ccc1F. The molecule has 1 aliphatic heterocycles. The molecule has 4 aromatic rings. The van der Waals surface area contributed by atoms with Gasteiger partial charge in [-0.05, 0) is 98.5 Å². The van der Waals surface area contributed by atoms with Crippen molar-refractivity contribution >= 4 is 29.0 Å². The summed E-state index contributed by atoms with van der Waals surface area (Å²) in [5.41, 5.74) is 3.94. The number of halogens is 1. The first-order valence-electron chi connectivity index (χ1n) is 13.1. The molecule has 2 aromatic heterocycles. The topological polar surface area (TPSA) is 95.1 Å². The molecule has 8 nitrogen and oxygen atoms in total. The highest BCUT2D eigenvalue weighted by molar-refractivity contribution is 5.94. The molecular formula is C30H32FN7O. The van der Waals surface area contributed by atoms with Gasteiger partial charge in [-0.1, -0.05) is 0 Å². The van der Waals surface area contributed by atoms with E-state index < -0.39 is 0 Å². The number of aryl methyl sites for hydroxylation is 1. The smallest absolute Gasteiger partial charge is 0.253 e. The number of aromatic nitrogens is 3. The third kappa shape index (κ3) is 6.74. The molecule has 0 spiro atoms. The van der Waals surface area contributed by atoms with E-state index in [2.05, 4.69) is 37.8 Å². The minimum Gasteiger partial charge on any atom is -0.340 e. The van der Waals surface area contributed by atoms with Crippen LogP contribution in [-0.2, 0) is 0 Å². The van der Waals surface area contributed by atoms with Crippen LogP contribution >= 0.6 is 0 Å². The highest BCUT2D eigenvalue weighted by Gasteiger charge is 2.24. The van der Waals surface area contributed by atoms with Crippen molar-refractivity contribution < 1.29 is 9.18 Å². The molecule has 1 unspecified atom stereocenters. The lowest BCUT2D eigenvalue weighted by atomic mass is 10.0. The van der Waals surface area contributed by atoms with Gasteiger partial charge in [0.1, 0.15) is 11.6 Å². The number of pyridine rings is 1. The molecule has 9 heteroatoms. The maximum absolute atomic E-state index is 13.5. The Morgan fingerprint density at radius 3 is 2.38 bits per heavy atom. The fraction of sp³-hybridized carbons (Fsp3) is 0.267. The Labute approximate surface area is 227 Å². The molecule has 200 valence electrons. The monoisotopic (exact) mass is 525 g/mol. The van der Waals surface area contributed by atoms with Crippen molar-refractivity contribution in [1.29, 1.82) is 0 Å². The van der Waals surface area contributed by atoms with Crippen LogP contribution in [-0.4, -0.2) is 44.9 Å². The number of nitrogens with one attached hydrogen (secondary N) is 3. The van der Waals surface area contributed by atoms with Crippen LogP contribution in [0, 0.1) is 12.7 Å². The lowest BCUT2D eigenvalue weighted by Crippen LogP contribution is -2.45. The van der Waals surface area contributed by atoms with Crippen LogP contribution in [0.4, 0.5) is 27.5 Å². The number of benzene rings is 2. The summed E-state index contributed by atoms with van der Waals surface area (Å²) in [5.74, 6) is 0.784. The van der Waals surface area contributed by atoms with Crippen molar-refractivity contribution in [3.8, 4) is 0 Å². The Bertz CT molecular complexity index is 1410. The van der Waals surface area contributed by atoms with Gasteiger partial charge < -0.3 is 20.9 Å². The van der Waals surface area contributed by atoms with Crippen LogP contribution < -0.4 is 16.0 Å². The van der Waals surface area contributed by atoms with E-state index in [1.807, 2.05) is 53.7 Å². The second-order valence-corrected chi connectivity index (χ2v) is 9.79. The Morgan fingerprint density at radius 2 is 1.67 bits per heavy atom. The van der Waals surface area contributed by atoms with Crippen LogP contribution in [0.25, 0.3) is 0 Å². The molecule has 2 aromatic carbocycles. The van der Waals surface area contributed by atoms with Crippen molar-refractivity contribution in [2.45, 2.75) is 38.8 Å². The third-order valence-electron chi connectivity index (χ3n) is 6.95. The molecular weight excluding hydrogens is 493 g/mol. The van der Waals surface area contributed by atoms with Gasteiger partial charge in [-0.15, -0.1) is 0 Å². The summed E-state index contributed by atoms with van der Waals surface area (Å²) in [6.45, 7) is 5.32. The van der Waals surface area contributed by atoms with E-state index in [1.54, 1.807) is 31.3 Å². The van der Waals surface area contributed by atoms with Gasteiger partial charge in [-0.2, -0.15) is 4.98 Å². The summed E-state index contributed by atoms with van der Waals surface area (Å²) in [4.78, 5) is 27.9. The van der Waals surface area contributed by atoms with E-state index >= 15 is 0 Å². The number of rotatable bonds is 8. The summed E-state index contributed by atoms with van der Waals surface area (Å²) in [7, 11) is 0. The van der Waals surface area contributed by atoms with Crippen LogP contribution in [0.1, 0.15) is 47.3 Å². The normalized spacial score (nSPS) is 14.6. The minimum absolute atomic E-state index is 0.0409. The summed E-state index contributed by atoms with van der Waals surface area (Å²) in [6.07, 6.45) is 7.10. The highest BCUT2D eigenvalue weighted by atomic mass is 19.1. The van der Waals surface area contributed by atoms with Crippen molar-refractivity contribution in [3.63, 3.8) is 0 Å². The quantitative estimate of drug-likeness (QED) is 0.269. The van der Waals surface area contributed by atoms with Crippen LogP contribution in [0.2, 0.25) is 0 Å². The van der Waals surface area contributed by atoms with Crippen molar-refractivity contribution in [2.75, 3.05) is 23.7 Å². The van der Waals surface area contributed by atoms with E-state index in [0.29, 0.717) is 28.9 Å². The van der Waals surface area contributed by atoms with Crippen molar-refractivity contribution in [1.82, 2.24) is 25.2 Å². The second-order valence-electron chi connectivity index (χ2n) is 9.79. The van der Waals surface area contributed by atoms with Crippen LogP contribution in [0.3, 0.4) is 0 Å². The highest BCUT2D eigenvalue weighted by Crippen LogP contribution is 2.22. The molecule has 1 fully saturated rings. The first kappa shape index (κ1) is 26.2. The average molecular weight is 526 g/mol. The molecule has 5 rings (SSSR count). The Hall–Kier alpha value is -4.37. The molecule has 1 aliphatic rings. The fourth-order valence-electron chi connectivity index (χ4n) is 4.72. The van der Waals surface area contributed by atoms with Gasteiger partial charge in [0.2, 0.25) is 5.95 Å². The molecule has 0 saturated carbocycles. The number of nitrogens with zero attached hydrogens (tertiary/aromatic N) is 4. The third-order valence-corrected chi connectivity index (χ3v) is 6.95. The van der Waals surface area contributed by atoms with Crippen LogP contribution in [0.5, 0.6) is 0 Å². The molecule has 0 bridgehead atoms. The van der Waals surface area contributed by atoms with E-state index in [9.17, 15) is 9.18 Å².